The molecule has 0 spiro atoms. The Hall–Kier alpha value is -2.16. The number of pyridine rings is 1. The first-order chi connectivity index (χ1) is 9.58. The van der Waals surface area contributed by atoms with Crippen molar-refractivity contribution < 1.29 is 4.79 Å². The lowest BCUT2D eigenvalue weighted by Gasteiger charge is -2.25. The molecule has 0 atom stereocenters. The van der Waals surface area contributed by atoms with Gasteiger partial charge in [0.05, 0.1) is 6.42 Å². The second kappa shape index (κ2) is 6.33. The van der Waals surface area contributed by atoms with Gasteiger partial charge in [0.15, 0.2) is 0 Å². The van der Waals surface area contributed by atoms with Crippen molar-refractivity contribution in [3.8, 4) is 0 Å². The standard InChI is InChI=1S/C17H20N2O/c1-17(2,15-6-4-3-5-7-15)13-19-16(20)12-14-8-10-18-11-9-14/h3-11H,12-13H2,1-2H3,(H,19,20). The van der Waals surface area contributed by atoms with E-state index in [1.165, 1.54) is 5.56 Å². The maximum Gasteiger partial charge on any atom is 0.224 e. The number of amides is 1. The van der Waals surface area contributed by atoms with E-state index in [1.807, 2.05) is 30.3 Å². The third kappa shape index (κ3) is 3.92. The van der Waals surface area contributed by atoms with E-state index < -0.39 is 0 Å². The Morgan fingerprint density at radius 2 is 1.75 bits per heavy atom. The molecule has 2 rings (SSSR count). The van der Waals surface area contributed by atoms with Crippen LogP contribution >= 0.6 is 0 Å². The zero-order valence-electron chi connectivity index (χ0n) is 12.0. The van der Waals surface area contributed by atoms with Gasteiger partial charge in [-0.2, -0.15) is 0 Å². The topological polar surface area (TPSA) is 42.0 Å². The maximum atomic E-state index is 12.0. The van der Waals surface area contributed by atoms with Crippen LogP contribution in [-0.4, -0.2) is 17.4 Å². The number of carbonyl (C=O) groups excluding carboxylic acids is 1. The highest BCUT2D eigenvalue weighted by Gasteiger charge is 2.20. The first kappa shape index (κ1) is 14.3. The molecule has 1 N–H and O–H groups in total. The molecule has 0 unspecified atom stereocenters. The third-order valence-electron chi connectivity index (χ3n) is 3.40. The lowest BCUT2D eigenvalue weighted by molar-refractivity contribution is -0.120. The van der Waals surface area contributed by atoms with Crippen molar-refractivity contribution >= 4 is 5.91 Å². The van der Waals surface area contributed by atoms with Gasteiger partial charge in [0, 0.05) is 24.4 Å². The predicted octanol–water partition coefficient (Wildman–Crippen LogP) is 2.72. The van der Waals surface area contributed by atoms with Gasteiger partial charge in [-0.05, 0) is 23.3 Å². The molecule has 0 fully saturated rings. The first-order valence-corrected chi connectivity index (χ1v) is 6.79. The van der Waals surface area contributed by atoms with Gasteiger partial charge in [0.1, 0.15) is 0 Å². The van der Waals surface area contributed by atoms with Crippen LogP contribution in [0.15, 0.2) is 54.9 Å². The highest BCUT2D eigenvalue weighted by Crippen LogP contribution is 2.21. The number of rotatable bonds is 5. The summed E-state index contributed by atoms with van der Waals surface area (Å²) in [5.41, 5.74) is 2.13. The zero-order valence-corrected chi connectivity index (χ0v) is 12.0. The summed E-state index contributed by atoms with van der Waals surface area (Å²) in [4.78, 5) is 15.9. The molecule has 1 heterocycles. The van der Waals surface area contributed by atoms with Crippen LogP contribution in [0, 0.1) is 0 Å². The highest BCUT2D eigenvalue weighted by molar-refractivity contribution is 5.78. The second-order valence-electron chi connectivity index (χ2n) is 5.56. The summed E-state index contributed by atoms with van der Waals surface area (Å²) in [6, 6.07) is 14.0. The summed E-state index contributed by atoms with van der Waals surface area (Å²) in [5, 5.41) is 3.01. The molecule has 3 heteroatoms. The predicted molar refractivity (Wildman–Crippen MR) is 80.4 cm³/mol. The van der Waals surface area contributed by atoms with Gasteiger partial charge < -0.3 is 5.32 Å². The van der Waals surface area contributed by atoms with Crippen molar-refractivity contribution in [2.45, 2.75) is 25.7 Å². The van der Waals surface area contributed by atoms with Crippen LogP contribution in [0.4, 0.5) is 0 Å². The minimum atomic E-state index is -0.0742. The Kier molecular flexibility index (Phi) is 4.51. The van der Waals surface area contributed by atoms with Crippen LogP contribution in [0.1, 0.15) is 25.0 Å². The largest absolute Gasteiger partial charge is 0.355 e. The maximum absolute atomic E-state index is 12.0. The Balaban J connectivity index is 1.90. The molecule has 1 aromatic heterocycles. The minimum Gasteiger partial charge on any atom is -0.355 e. The van der Waals surface area contributed by atoms with Crippen molar-refractivity contribution in [3.05, 3.63) is 66.0 Å². The fourth-order valence-electron chi connectivity index (χ4n) is 2.06. The number of nitrogens with one attached hydrogen (secondary N) is 1. The van der Waals surface area contributed by atoms with Gasteiger partial charge in [-0.3, -0.25) is 9.78 Å². The number of aromatic nitrogens is 1. The Morgan fingerprint density at radius 3 is 2.40 bits per heavy atom. The van der Waals surface area contributed by atoms with Crippen molar-refractivity contribution in [2.24, 2.45) is 0 Å². The van der Waals surface area contributed by atoms with Gasteiger partial charge in [-0.15, -0.1) is 0 Å². The number of nitrogens with zero attached hydrogens (tertiary/aromatic N) is 1. The van der Waals surface area contributed by atoms with E-state index >= 15 is 0 Å². The Morgan fingerprint density at radius 1 is 1.10 bits per heavy atom. The fraction of sp³-hybridized carbons (Fsp3) is 0.294. The third-order valence-corrected chi connectivity index (χ3v) is 3.40. The minimum absolute atomic E-state index is 0.0419. The molecular weight excluding hydrogens is 248 g/mol. The van der Waals surface area contributed by atoms with Crippen LogP contribution in [-0.2, 0) is 16.6 Å². The molecule has 0 radical (unpaired) electrons. The lowest BCUT2D eigenvalue weighted by atomic mass is 9.84. The molecule has 0 aliphatic rings. The van der Waals surface area contributed by atoms with Crippen LogP contribution in [0.2, 0.25) is 0 Å². The van der Waals surface area contributed by atoms with E-state index in [-0.39, 0.29) is 11.3 Å². The highest BCUT2D eigenvalue weighted by atomic mass is 16.1. The van der Waals surface area contributed by atoms with Gasteiger partial charge in [0.2, 0.25) is 5.91 Å². The summed E-state index contributed by atoms with van der Waals surface area (Å²) in [6.45, 7) is 4.89. The van der Waals surface area contributed by atoms with Crippen molar-refractivity contribution in [1.29, 1.82) is 0 Å². The Labute approximate surface area is 120 Å². The summed E-state index contributed by atoms with van der Waals surface area (Å²) in [5.74, 6) is 0.0419. The monoisotopic (exact) mass is 268 g/mol. The van der Waals surface area contributed by atoms with Crippen molar-refractivity contribution in [2.75, 3.05) is 6.54 Å². The fourth-order valence-corrected chi connectivity index (χ4v) is 2.06. The molecular formula is C17H20N2O. The molecule has 104 valence electrons. The number of carbonyl (C=O) groups is 1. The average molecular weight is 268 g/mol. The molecule has 0 saturated heterocycles. The summed E-state index contributed by atoms with van der Waals surface area (Å²) in [6.07, 6.45) is 3.81. The molecule has 3 nitrogen and oxygen atoms in total. The quantitative estimate of drug-likeness (QED) is 0.906. The van der Waals surface area contributed by atoms with Crippen LogP contribution in [0.5, 0.6) is 0 Å². The molecule has 20 heavy (non-hydrogen) atoms. The van der Waals surface area contributed by atoms with E-state index in [9.17, 15) is 4.79 Å². The van der Waals surface area contributed by atoms with Crippen molar-refractivity contribution in [1.82, 2.24) is 10.3 Å². The SMILES string of the molecule is CC(C)(CNC(=O)Cc1ccncc1)c1ccccc1. The number of hydrogen-bond donors (Lipinski definition) is 1. The number of benzene rings is 1. The molecule has 0 aliphatic carbocycles. The van der Waals surface area contributed by atoms with Gasteiger partial charge in [0.25, 0.3) is 0 Å². The smallest absolute Gasteiger partial charge is 0.224 e. The van der Waals surface area contributed by atoms with Crippen molar-refractivity contribution in [3.63, 3.8) is 0 Å². The van der Waals surface area contributed by atoms with E-state index in [0.29, 0.717) is 13.0 Å². The summed E-state index contributed by atoms with van der Waals surface area (Å²) < 4.78 is 0. The summed E-state index contributed by atoms with van der Waals surface area (Å²) in [7, 11) is 0. The molecule has 2 aromatic rings. The average Bonchev–Trinajstić information content (AvgIpc) is 2.47. The van der Waals surface area contributed by atoms with E-state index in [0.717, 1.165) is 5.56 Å². The van der Waals surface area contributed by atoms with Crippen LogP contribution in [0.3, 0.4) is 0 Å². The van der Waals surface area contributed by atoms with Gasteiger partial charge in [-0.1, -0.05) is 44.2 Å². The second-order valence-corrected chi connectivity index (χ2v) is 5.56. The van der Waals surface area contributed by atoms with Gasteiger partial charge >= 0.3 is 0 Å². The molecule has 1 amide bonds. The molecule has 0 bridgehead atoms. The molecule has 0 saturated carbocycles. The van der Waals surface area contributed by atoms with Gasteiger partial charge in [-0.25, -0.2) is 0 Å². The number of hydrogen-bond acceptors (Lipinski definition) is 2. The Bertz CT molecular complexity index is 550. The van der Waals surface area contributed by atoms with E-state index in [2.05, 4.69) is 36.3 Å². The van der Waals surface area contributed by atoms with E-state index in [1.54, 1.807) is 12.4 Å². The van der Waals surface area contributed by atoms with Crippen LogP contribution < -0.4 is 5.32 Å². The first-order valence-electron chi connectivity index (χ1n) is 6.79. The lowest BCUT2D eigenvalue weighted by Crippen LogP contribution is -2.37. The van der Waals surface area contributed by atoms with Crippen LogP contribution in [0.25, 0.3) is 0 Å². The molecule has 0 aliphatic heterocycles. The summed E-state index contributed by atoms with van der Waals surface area (Å²) >= 11 is 0. The molecule has 1 aromatic carbocycles. The normalized spacial score (nSPS) is 11.1. The zero-order chi connectivity index (χ0) is 14.4. The van der Waals surface area contributed by atoms with E-state index in [4.69, 9.17) is 0 Å².